The number of hydrogen-bond acceptors (Lipinski definition) is 8. The number of carbonyl (C=O) groups excluding carboxylic acids is 1. The summed E-state index contributed by atoms with van der Waals surface area (Å²) in [5.41, 5.74) is -0.607. The van der Waals surface area contributed by atoms with Crippen LogP contribution in [0.2, 0.25) is 5.02 Å². The molecule has 0 aliphatic rings. The van der Waals surface area contributed by atoms with Crippen molar-refractivity contribution in [3.63, 3.8) is 0 Å². The number of anilines is 1. The number of ether oxygens (including phenoxy) is 1. The molecule has 0 saturated carbocycles. The molecule has 2 aromatic rings. The van der Waals surface area contributed by atoms with Gasteiger partial charge in [0.25, 0.3) is 11.5 Å². The Bertz CT molecular complexity index is 1350. The summed E-state index contributed by atoms with van der Waals surface area (Å²) in [6.07, 6.45) is -1.69. The maximum Gasteiger partial charge on any atom is 0.411 e. The van der Waals surface area contributed by atoms with Crippen molar-refractivity contribution in [2.45, 2.75) is 13.8 Å². The van der Waals surface area contributed by atoms with Gasteiger partial charge in [-0.25, -0.2) is 9.48 Å². The molecule has 0 unspecified atom stereocenters. The summed E-state index contributed by atoms with van der Waals surface area (Å²) in [5, 5.41) is 25.9. The van der Waals surface area contributed by atoms with Gasteiger partial charge in [-0.1, -0.05) is 11.6 Å². The molecule has 0 saturated heterocycles. The minimum absolute atomic E-state index is 0.0590. The van der Waals surface area contributed by atoms with Gasteiger partial charge in [-0.2, -0.15) is 10.4 Å². The maximum absolute atomic E-state index is 12.4. The number of benzene rings is 1. The summed E-state index contributed by atoms with van der Waals surface area (Å²) in [5.74, 6) is -2.21. The van der Waals surface area contributed by atoms with Gasteiger partial charge in [-0.3, -0.25) is 20.3 Å². The summed E-state index contributed by atoms with van der Waals surface area (Å²) in [7, 11) is 0. The molecule has 13 heteroatoms. The molecule has 11 nitrogen and oxygen atoms in total. The van der Waals surface area contributed by atoms with E-state index in [4.69, 9.17) is 34.9 Å². The minimum atomic E-state index is -3.04. The van der Waals surface area contributed by atoms with E-state index >= 15 is 0 Å². The lowest BCUT2D eigenvalue weighted by molar-refractivity contribution is -0.114. The number of hydrogen-bond donors (Lipinski definition) is 3. The molecule has 2 amide bonds. The fourth-order valence-electron chi connectivity index (χ4n) is 1.91. The molecule has 156 valence electrons. The van der Waals surface area contributed by atoms with E-state index in [1.165, 1.54) is 23.5 Å². The second kappa shape index (κ2) is 9.38. The quantitative estimate of drug-likeness (QED) is 0.415. The topological polar surface area (TPSA) is 159 Å². The molecule has 3 N–H and O–H groups in total. The van der Waals surface area contributed by atoms with Crippen LogP contribution in [-0.4, -0.2) is 32.6 Å². The number of nitriles is 1. The molecule has 0 radical (unpaired) electrons. The number of amides is 2. The van der Waals surface area contributed by atoms with Crippen molar-refractivity contribution in [2.24, 2.45) is 12.1 Å². The Morgan fingerprint density at radius 3 is 2.77 bits per heavy atom. The SMILES string of the molecule is [2H]C([2H])([2H])c1c(Oc2c(Cl)cc(NN=C(C#N)C(=O)NC(=O)O)cc2Br)nn(C([2H])([2H])[2H])c(=O)c1C. The number of carbonyl (C=O) groups is 2. The number of hydrazone groups is 1. The highest BCUT2D eigenvalue weighted by atomic mass is 79.9. The number of aryl methyl sites for hydroxylation is 1. The van der Waals surface area contributed by atoms with Gasteiger partial charge in [0.2, 0.25) is 11.6 Å². The molecule has 0 fully saturated rings. The first-order chi connectivity index (χ1) is 16.5. The van der Waals surface area contributed by atoms with E-state index in [0.717, 1.165) is 6.92 Å². The normalized spacial score (nSPS) is 14.7. The Kier molecular flexibility index (Phi) is 4.82. The van der Waals surface area contributed by atoms with Crippen molar-refractivity contribution in [1.29, 1.82) is 5.26 Å². The summed E-state index contributed by atoms with van der Waals surface area (Å²) >= 11 is 9.36. The smallest absolute Gasteiger partial charge is 0.411 e. The number of imide groups is 1. The van der Waals surface area contributed by atoms with E-state index in [1.54, 1.807) is 0 Å². The van der Waals surface area contributed by atoms with Gasteiger partial charge in [0.1, 0.15) is 6.07 Å². The zero-order chi connectivity index (χ0) is 27.6. The van der Waals surface area contributed by atoms with Gasteiger partial charge in [0.15, 0.2) is 5.75 Å². The van der Waals surface area contributed by atoms with Gasteiger partial charge in [-0.15, -0.1) is 5.10 Å². The van der Waals surface area contributed by atoms with Crippen molar-refractivity contribution < 1.29 is 27.7 Å². The van der Waals surface area contributed by atoms with Crippen LogP contribution >= 0.6 is 27.5 Å². The standard InChI is InChI=1S/C17H14BrClN6O5/c1-7-8(2)16(27)25(3)24-15(7)30-13-10(18)4-9(5-11(13)19)22-23-12(6-20)14(26)21-17(28)29/h4-5,22H,1-3H3,(H,21,26)(H,28,29)/i1D3,3D3. The van der Waals surface area contributed by atoms with Crippen molar-refractivity contribution in [1.82, 2.24) is 15.1 Å². The van der Waals surface area contributed by atoms with Crippen molar-refractivity contribution in [3.05, 3.63) is 43.1 Å². The number of aromatic nitrogens is 2. The summed E-state index contributed by atoms with van der Waals surface area (Å²) in [6, 6.07) is 3.86. The molecule has 0 spiro atoms. The molecule has 1 aromatic heterocycles. The largest absolute Gasteiger partial charge is 0.465 e. The third-order valence-electron chi connectivity index (χ3n) is 3.33. The highest BCUT2D eigenvalue weighted by molar-refractivity contribution is 9.10. The van der Waals surface area contributed by atoms with Crippen LogP contribution in [0.25, 0.3) is 0 Å². The van der Waals surface area contributed by atoms with E-state index in [9.17, 15) is 14.4 Å². The number of halogens is 2. The van der Waals surface area contributed by atoms with Crippen LogP contribution < -0.4 is 21.0 Å². The van der Waals surface area contributed by atoms with Gasteiger partial charge < -0.3 is 9.84 Å². The number of carboxylic acid groups (broad SMARTS) is 1. The molecule has 0 aliphatic carbocycles. The maximum atomic E-state index is 12.4. The van der Waals surface area contributed by atoms with Crippen LogP contribution in [0.1, 0.15) is 19.4 Å². The minimum Gasteiger partial charge on any atom is -0.465 e. The van der Waals surface area contributed by atoms with Crippen LogP contribution in [0.4, 0.5) is 10.5 Å². The highest BCUT2D eigenvalue weighted by Gasteiger charge is 2.17. The molecule has 0 aliphatic heterocycles. The molecule has 2 rings (SSSR count). The Morgan fingerprint density at radius 2 is 2.20 bits per heavy atom. The molecule has 30 heavy (non-hydrogen) atoms. The second-order valence-corrected chi connectivity index (χ2v) is 6.60. The monoisotopic (exact) mass is 502 g/mol. The first-order valence-electron chi connectivity index (χ1n) is 10.6. The third kappa shape index (κ3) is 5.13. The average molecular weight is 504 g/mol. The fourth-order valence-corrected chi connectivity index (χ4v) is 2.82. The zero-order valence-electron chi connectivity index (χ0n) is 20.8. The van der Waals surface area contributed by atoms with Crippen LogP contribution in [0, 0.1) is 25.1 Å². The van der Waals surface area contributed by atoms with Crippen LogP contribution in [0.15, 0.2) is 26.5 Å². The number of nitrogens with one attached hydrogen (secondary N) is 2. The lowest BCUT2D eigenvalue weighted by Gasteiger charge is -2.14. The summed E-state index contributed by atoms with van der Waals surface area (Å²) in [6.45, 7) is -4.82. The van der Waals surface area contributed by atoms with Crippen molar-refractivity contribution in [2.75, 3.05) is 5.43 Å². The van der Waals surface area contributed by atoms with Crippen LogP contribution in [-0.2, 0) is 11.8 Å². The Morgan fingerprint density at radius 1 is 1.47 bits per heavy atom. The lowest BCUT2D eigenvalue weighted by atomic mass is 10.2. The fraction of sp³-hybridized carbons (Fsp3) is 0.176. The first-order valence-corrected chi connectivity index (χ1v) is 8.74. The van der Waals surface area contributed by atoms with E-state index in [0.29, 0.717) is 0 Å². The molecule has 0 atom stereocenters. The van der Waals surface area contributed by atoms with Crippen molar-refractivity contribution >= 4 is 50.9 Å². The Labute approximate surface area is 191 Å². The predicted octanol–water partition coefficient (Wildman–Crippen LogP) is 2.69. The molecule has 1 heterocycles. The first kappa shape index (κ1) is 15.4. The molecule has 1 aromatic carbocycles. The number of nitrogens with zero attached hydrogens (tertiary/aromatic N) is 4. The predicted molar refractivity (Wildman–Crippen MR) is 111 cm³/mol. The van der Waals surface area contributed by atoms with Crippen LogP contribution in [0.5, 0.6) is 11.6 Å². The van der Waals surface area contributed by atoms with Crippen LogP contribution in [0.3, 0.4) is 0 Å². The molecular formula is C17H14BrClN6O5. The zero-order valence-corrected chi connectivity index (χ0v) is 17.1. The van der Waals surface area contributed by atoms with Gasteiger partial charge in [-0.05, 0) is 41.8 Å². The third-order valence-corrected chi connectivity index (χ3v) is 4.20. The van der Waals surface area contributed by atoms with E-state index in [-0.39, 0.29) is 25.6 Å². The lowest BCUT2D eigenvalue weighted by Crippen LogP contribution is -2.34. The Hall–Kier alpha value is -3.43. The van der Waals surface area contributed by atoms with E-state index in [1.807, 2.05) is 0 Å². The van der Waals surface area contributed by atoms with Crippen molar-refractivity contribution in [3.8, 4) is 17.7 Å². The molecule has 0 bridgehead atoms. The van der Waals surface area contributed by atoms with E-state index < -0.39 is 54.1 Å². The van der Waals surface area contributed by atoms with Gasteiger partial charge in [0, 0.05) is 26.3 Å². The molecular weight excluding hydrogens is 484 g/mol. The van der Waals surface area contributed by atoms with E-state index in [2.05, 4.69) is 31.6 Å². The summed E-state index contributed by atoms with van der Waals surface area (Å²) < 4.78 is 51.4. The second-order valence-electron chi connectivity index (χ2n) is 5.34. The number of rotatable bonds is 5. The average Bonchev–Trinajstić information content (AvgIpc) is 2.71. The Balaban J connectivity index is 2.54. The van der Waals surface area contributed by atoms with Gasteiger partial charge in [0.05, 0.1) is 15.2 Å². The van der Waals surface area contributed by atoms with Gasteiger partial charge >= 0.3 is 6.09 Å². The summed E-state index contributed by atoms with van der Waals surface area (Å²) in [4.78, 5) is 34.6. The highest BCUT2D eigenvalue weighted by Crippen LogP contribution is 2.39.